The number of aromatic hydroxyl groups is 3. The minimum atomic E-state index is 0.0836. The maximum atomic E-state index is 11.3. The Balaban J connectivity index is 1.94. The molecule has 31 heavy (non-hydrogen) atoms. The molecule has 0 aliphatic carbocycles. The average molecular weight is 423 g/mol. The lowest BCUT2D eigenvalue weighted by atomic mass is 9.98. The third-order valence-electron chi connectivity index (χ3n) is 5.80. The molecule has 4 aromatic rings. The number of nitrogens with one attached hydrogen (secondary N) is 2. The zero-order chi connectivity index (χ0) is 22.3. The van der Waals surface area contributed by atoms with Crippen molar-refractivity contribution in [2.75, 3.05) is 41.3 Å². The minimum Gasteiger partial charge on any atom is -0.507 e. The number of hydrogen-bond donors (Lipinski definition) is 5. The molecule has 0 saturated carbocycles. The summed E-state index contributed by atoms with van der Waals surface area (Å²) >= 11 is 0. The fraction of sp³-hybridized carbons (Fsp3) is 0.333. The van der Waals surface area contributed by atoms with Crippen molar-refractivity contribution in [3.63, 3.8) is 0 Å². The Labute approximate surface area is 181 Å². The highest BCUT2D eigenvalue weighted by Gasteiger charge is 2.23. The number of aromatic amines is 2. The summed E-state index contributed by atoms with van der Waals surface area (Å²) < 4.78 is 0. The Morgan fingerprint density at radius 3 is 2.29 bits per heavy atom. The van der Waals surface area contributed by atoms with Gasteiger partial charge in [0.1, 0.15) is 17.2 Å². The van der Waals surface area contributed by atoms with Gasteiger partial charge in [0.15, 0.2) is 0 Å². The van der Waals surface area contributed by atoms with E-state index in [2.05, 4.69) is 19.8 Å². The molecule has 0 saturated heterocycles. The van der Waals surface area contributed by atoms with E-state index in [9.17, 15) is 15.3 Å². The first-order chi connectivity index (χ1) is 14.8. The van der Waals surface area contributed by atoms with Gasteiger partial charge in [0.05, 0.1) is 11.2 Å². The van der Waals surface area contributed by atoms with E-state index in [1.165, 1.54) is 0 Å². The first-order valence-electron chi connectivity index (χ1n) is 10.4. The van der Waals surface area contributed by atoms with Gasteiger partial charge >= 0.3 is 0 Å². The van der Waals surface area contributed by atoms with Crippen LogP contribution in [0.1, 0.15) is 11.1 Å². The van der Waals surface area contributed by atoms with Gasteiger partial charge in [-0.15, -0.1) is 0 Å². The standard InChI is InChI=1S/C24H30N4O3/c1-27(2)10-8-14-13-25-23-19(30)12-16(24(31)20(14)23)22-15(9-11-28(3)4)21-17(26-22)6-5-7-18(21)29/h5-7,12-13,25-26,29-31H,8-11H2,1-4H3. The largest absolute Gasteiger partial charge is 0.507 e. The SMILES string of the molecule is CN(C)CCc1c(-c2cc(O)c3[nH]cc(CCN(C)C)c3c2O)[nH]c2cccc(O)c12. The third-order valence-corrected chi connectivity index (χ3v) is 5.80. The van der Waals surface area contributed by atoms with Crippen LogP contribution in [0.4, 0.5) is 0 Å². The summed E-state index contributed by atoms with van der Waals surface area (Å²) in [5, 5.41) is 34.0. The van der Waals surface area contributed by atoms with Crippen molar-refractivity contribution >= 4 is 21.8 Å². The molecule has 0 amide bonds. The second kappa shape index (κ2) is 8.17. The van der Waals surface area contributed by atoms with Crippen molar-refractivity contribution in [1.29, 1.82) is 0 Å². The molecule has 0 atom stereocenters. The molecule has 0 aliphatic heterocycles. The number of aromatic nitrogens is 2. The Hall–Kier alpha value is -3.16. The number of rotatable bonds is 7. The molecule has 2 aromatic carbocycles. The van der Waals surface area contributed by atoms with Crippen LogP contribution in [0.2, 0.25) is 0 Å². The normalized spacial score (nSPS) is 12.1. The molecule has 0 radical (unpaired) electrons. The van der Waals surface area contributed by atoms with Gasteiger partial charge in [-0.2, -0.15) is 0 Å². The summed E-state index contributed by atoms with van der Waals surface area (Å²) in [6.07, 6.45) is 3.27. The Morgan fingerprint density at radius 2 is 1.58 bits per heavy atom. The van der Waals surface area contributed by atoms with Crippen LogP contribution in [0.5, 0.6) is 17.2 Å². The highest BCUT2D eigenvalue weighted by atomic mass is 16.3. The van der Waals surface area contributed by atoms with Gasteiger partial charge in [0, 0.05) is 41.1 Å². The van der Waals surface area contributed by atoms with Crippen molar-refractivity contribution < 1.29 is 15.3 Å². The smallest absolute Gasteiger partial charge is 0.140 e. The Kier molecular flexibility index (Phi) is 5.56. The number of H-pyrrole nitrogens is 2. The van der Waals surface area contributed by atoms with Gasteiger partial charge in [0.25, 0.3) is 0 Å². The first kappa shape index (κ1) is 21.1. The quantitative estimate of drug-likeness (QED) is 0.293. The molecule has 7 nitrogen and oxygen atoms in total. The molecule has 0 bridgehead atoms. The fourth-order valence-electron chi connectivity index (χ4n) is 4.19. The minimum absolute atomic E-state index is 0.0836. The van der Waals surface area contributed by atoms with Crippen molar-refractivity contribution in [1.82, 2.24) is 19.8 Å². The lowest BCUT2D eigenvalue weighted by Gasteiger charge is -2.13. The average Bonchev–Trinajstić information content (AvgIpc) is 3.30. The Bertz CT molecular complexity index is 1240. The molecule has 2 heterocycles. The third kappa shape index (κ3) is 3.82. The summed E-state index contributed by atoms with van der Waals surface area (Å²) in [5.41, 5.74) is 4.44. The number of benzene rings is 2. The highest BCUT2D eigenvalue weighted by Crippen LogP contribution is 2.45. The van der Waals surface area contributed by atoms with Gasteiger partial charge in [-0.3, -0.25) is 0 Å². The van der Waals surface area contributed by atoms with Crippen LogP contribution in [0, 0.1) is 0 Å². The monoisotopic (exact) mass is 422 g/mol. The molecule has 164 valence electrons. The maximum Gasteiger partial charge on any atom is 0.140 e. The van der Waals surface area contributed by atoms with Crippen LogP contribution in [0.3, 0.4) is 0 Å². The van der Waals surface area contributed by atoms with Gasteiger partial charge in [0.2, 0.25) is 0 Å². The van der Waals surface area contributed by atoms with E-state index in [0.29, 0.717) is 28.6 Å². The van der Waals surface area contributed by atoms with Crippen LogP contribution in [-0.2, 0) is 12.8 Å². The lowest BCUT2D eigenvalue weighted by molar-refractivity contribution is 0.413. The van der Waals surface area contributed by atoms with Crippen LogP contribution in [0.15, 0.2) is 30.5 Å². The van der Waals surface area contributed by atoms with E-state index in [0.717, 1.165) is 41.5 Å². The van der Waals surface area contributed by atoms with Crippen molar-refractivity contribution in [2.24, 2.45) is 0 Å². The zero-order valence-electron chi connectivity index (χ0n) is 18.5. The van der Waals surface area contributed by atoms with Gasteiger partial charge in [-0.05, 0) is 70.4 Å². The summed E-state index contributed by atoms with van der Waals surface area (Å²) in [4.78, 5) is 10.6. The van der Waals surface area contributed by atoms with E-state index in [1.54, 1.807) is 18.2 Å². The molecular formula is C24H30N4O3. The van der Waals surface area contributed by atoms with Crippen molar-refractivity contribution in [3.8, 4) is 28.5 Å². The predicted molar refractivity (Wildman–Crippen MR) is 125 cm³/mol. The molecule has 2 aromatic heterocycles. The van der Waals surface area contributed by atoms with E-state index in [-0.39, 0.29) is 17.2 Å². The summed E-state index contributed by atoms with van der Waals surface area (Å²) in [7, 11) is 8.01. The van der Waals surface area contributed by atoms with Crippen LogP contribution in [0.25, 0.3) is 33.1 Å². The van der Waals surface area contributed by atoms with E-state index in [4.69, 9.17) is 0 Å². The summed E-state index contributed by atoms with van der Waals surface area (Å²) in [6, 6.07) is 6.96. The van der Waals surface area contributed by atoms with Crippen molar-refractivity contribution in [3.05, 3.63) is 41.6 Å². The zero-order valence-corrected chi connectivity index (χ0v) is 18.5. The predicted octanol–water partition coefficient (Wildman–Crippen LogP) is 3.64. The van der Waals surface area contributed by atoms with Crippen molar-refractivity contribution in [2.45, 2.75) is 12.8 Å². The van der Waals surface area contributed by atoms with Crippen LogP contribution < -0.4 is 0 Å². The first-order valence-corrected chi connectivity index (χ1v) is 10.4. The summed E-state index contributed by atoms with van der Waals surface area (Å²) in [6.45, 7) is 1.60. The molecule has 5 N–H and O–H groups in total. The molecule has 0 aliphatic rings. The Morgan fingerprint density at radius 1 is 0.871 bits per heavy atom. The van der Waals surface area contributed by atoms with E-state index in [1.807, 2.05) is 40.5 Å². The van der Waals surface area contributed by atoms with Gasteiger partial charge < -0.3 is 35.1 Å². The number of hydrogen-bond acceptors (Lipinski definition) is 5. The molecular weight excluding hydrogens is 392 g/mol. The van der Waals surface area contributed by atoms with E-state index < -0.39 is 0 Å². The number of phenolic OH excluding ortho intramolecular Hbond substituents is 3. The molecule has 0 spiro atoms. The second-order valence-corrected chi connectivity index (χ2v) is 8.64. The highest BCUT2D eigenvalue weighted by molar-refractivity contribution is 6.02. The van der Waals surface area contributed by atoms with E-state index >= 15 is 0 Å². The van der Waals surface area contributed by atoms with Gasteiger partial charge in [-0.1, -0.05) is 6.07 Å². The topological polar surface area (TPSA) is 98.8 Å². The molecule has 0 unspecified atom stereocenters. The molecule has 4 rings (SSSR count). The maximum absolute atomic E-state index is 11.3. The number of phenols is 3. The lowest BCUT2D eigenvalue weighted by Crippen LogP contribution is -2.15. The molecule has 0 fully saturated rings. The number of nitrogens with zero attached hydrogens (tertiary/aromatic N) is 2. The van der Waals surface area contributed by atoms with Gasteiger partial charge in [-0.25, -0.2) is 0 Å². The second-order valence-electron chi connectivity index (χ2n) is 8.64. The number of likely N-dealkylation sites (N-methyl/N-ethyl adjacent to an activating group) is 2. The van der Waals surface area contributed by atoms with Crippen LogP contribution >= 0.6 is 0 Å². The molecule has 7 heteroatoms. The summed E-state index contributed by atoms with van der Waals surface area (Å²) in [5.74, 6) is 0.409. The van der Waals surface area contributed by atoms with Crippen LogP contribution in [-0.4, -0.2) is 76.4 Å². The number of fused-ring (bicyclic) bond motifs is 2. The fourth-order valence-corrected chi connectivity index (χ4v) is 4.19.